The van der Waals surface area contributed by atoms with E-state index in [4.69, 9.17) is 4.74 Å². The van der Waals surface area contributed by atoms with Gasteiger partial charge in [-0.1, -0.05) is 19.9 Å². The average molecular weight is 318 g/mol. The summed E-state index contributed by atoms with van der Waals surface area (Å²) in [6.45, 7) is 6.51. The number of hydrogen-bond donors (Lipinski definition) is 0. The van der Waals surface area contributed by atoms with Crippen LogP contribution < -0.4 is 0 Å². The number of ether oxygens (including phenoxy) is 1. The van der Waals surface area contributed by atoms with Gasteiger partial charge in [0.15, 0.2) is 0 Å². The molecule has 15 heavy (non-hydrogen) atoms. The molecular weight excluding hydrogens is 303 g/mol. The number of hydrogen-bond acceptors (Lipinski definition) is 2. The van der Waals surface area contributed by atoms with Gasteiger partial charge >= 0.3 is 5.97 Å². The van der Waals surface area contributed by atoms with Crippen LogP contribution in [0.25, 0.3) is 0 Å². The molecule has 2 nitrogen and oxygen atoms in total. The molecule has 1 aromatic carbocycles. The van der Waals surface area contributed by atoms with Crippen LogP contribution in [0.4, 0.5) is 0 Å². The molecule has 0 radical (unpaired) electrons. The number of halogens is 1. The molecule has 0 fully saturated rings. The SMILES string of the molecule is CCOC(=O)c1ccc(C(C)C)c(I)c1. The minimum Gasteiger partial charge on any atom is -0.462 e. The zero-order valence-corrected chi connectivity index (χ0v) is 11.4. The largest absolute Gasteiger partial charge is 0.462 e. The van der Waals surface area contributed by atoms with E-state index < -0.39 is 0 Å². The maximum Gasteiger partial charge on any atom is 0.338 e. The molecule has 0 unspecified atom stereocenters. The number of benzene rings is 1. The second-order valence-corrected chi connectivity index (χ2v) is 4.77. The van der Waals surface area contributed by atoms with Crippen LogP contribution in [0.3, 0.4) is 0 Å². The first-order valence-electron chi connectivity index (χ1n) is 5.02. The van der Waals surface area contributed by atoms with E-state index in [1.807, 2.05) is 25.1 Å². The van der Waals surface area contributed by atoms with Gasteiger partial charge in [-0.3, -0.25) is 0 Å². The van der Waals surface area contributed by atoms with Crippen LogP contribution in [0, 0.1) is 3.57 Å². The standard InChI is InChI=1S/C12H15IO2/c1-4-15-12(14)9-5-6-10(8(2)3)11(13)7-9/h5-8H,4H2,1-3H3. The summed E-state index contributed by atoms with van der Waals surface area (Å²) in [7, 11) is 0. The Morgan fingerprint density at radius 2 is 2.13 bits per heavy atom. The van der Waals surface area contributed by atoms with Gasteiger partial charge < -0.3 is 4.74 Å². The third kappa shape index (κ3) is 3.19. The summed E-state index contributed by atoms with van der Waals surface area (Å²) in [4.78, 5) is 11.5. The van der Waals surface area contributed by atoms with Crippen molar-refractivity contribution >= 4 is 28.6 Å². The quantitative estimate of drug-likeness (QED) is 0.629. The summed E-state index contributed by atoms with van der Waals surface area (Å²) >= 11 is 2.26. The summed E-state index contributed by atoms with van der Waals surface area (Å²) in [6.07, 6.45) is 0. The summed E-state index contributed by atoms with van der Waals surface area (Å²) < 4.78 is 6.06. The second-order valence-electron chi connectivity index (χ2n) is 3.61. The number of carbonyl (C=O) groups is 1. The third-order valence-corrected chi connectivity index (χ3v) is 3.07. The molecule has 3 heteroatoms. The van der Waals surface area contributed by atoms with Crippen LogP contribution in [0.15, 0.2) is 18.2 Å². The molecule has 0 aliphatic heterocycles. The molecule has 0 N–H and O–H groups in total. The molecule has 0 amide bonds. The molecule has 0 bridgehead atoms. The summed E-state index contributed by atoms with van der Waals surface area (Å²) in [6, 6.07) is 5.71. The molecule has 0 aliphatic carbocycles. The van der Waals surface area contributed by atoms with Crippen LogP contribution in [0.2, 0.25) is 0 Å². The van der Waals surface area contributed by atoms with Gasteiger partial charge in [0, 0.05) is 3.57 Å². The normalized spacial score (nSPS) is 10.5. The van der Waals surface area contributed by atoms with Gasteiger partial charge in [-0.25, -0.2) is 4.79 Å². The average Bonchev–Trinajstić information content (AvgIpc) is 2.17. The first-order valence-corrected chi connectivity index (χ1v) is 6.10. The van der Waals surface area contributed by atoms with Gasteiger partial charge in [-0.2, -0.15) is 0 Å². The molecule has 1 rings (SSSR count). The van der Waals surface area contributed by atoms with E-state index >= 15 is 0 Å². The van der Waals surface area contributed by atoms with Crippen molar-refractivity contribution in [2.45, 2.75) is 26.7 Å². The summed E-state index contributed by atoms with van der Waals surface area (Å²) in [5.41, 5.74) is 1.90. The van der Waals surface area contributed by atoms with Crippen molar-refractivity contribution in [3.8, 4) is 0 Å². The van der Waals surface area contributed by atoms with Crippen molar-refractivity contribution < 1.29 is 9.53 Å². The highest BCUT2D eigenvalue weighted by atomic mass is 127. The molecule has 82 valence electrons. The van der Waals surface area contributed by atoms with Gasteiger partial charge in [0.1, 0.15) is 0 Å². The molecule has 0 spiro atoms. The van der Waals surface area contributed by atoms with Crippen LogP contribution in [-0.4, -0.2) is 12.6 Å². The van der Waals surface area contributed by atoms with E-state index in [9.17, 15) is 4.79 Å². The van der Waals surface area contributed by atoms with Crippen molar-refractivity contribution in [3.05, 3.63) is 32.9 Å². The second kappa shape index (κ2) is 5.49. The lowest BCUT2D eigenvalue weighted by atomic mass is 10.0. The molecular formula is C12H15IO2. The Hall–Kier alpha value is -0.580. The van der Waals surface area contributed by atoms with Gasteiger partial charge in [0.2, 0.25) is 0 Å². The van der Waals surface area contributed by atoms with Crippen molar-refractivity contribution in [1.82, 2.24) is 0 Å². The number of esters is 1. The Morgan fingerprint density at radius 3 is 2.60 bits per heavy atom. The zero-order valence-electron chi connectivity index (χ0n) is 9.21. The number of rotatable bonds is 3. The molecule has 0 heterocycles. The predicted molar refractivity (Wildman–Crippen MR) is 69.2 cm³/mol. The van der Waals surface area contributed by atoms with Crippen molar-refractivity contribution in [2.75, 3.05) is 6.61 Å². The van der Waals surface area contributed by atoms with Crippen molar-refractivity contribution in [2.24, 2.45) is 0 Å². The lowest BCUT2D eigenvalue weighted by molar-refractivity contribution is 0.0526. The van der Waals surface area contributed by atoms with Crippen LogP contribution >= 0.6 is 22.6 Å². The first kappa shape index (κ1) is 12.5. The fraction of sp³-hybridized carbons (Fsp3) is 0.417. The number of carbonyl (C=O) groups excluding carboxylic acids is 1. The van der Waals surface area contributed by atoms with E-state index in [1.165, 1.54) is 5.56 Å². The zero-order chi connectivity index (χ0) is 11.4. The topological polar surface area (TPSA) is 26.3 Å². The van der Waals surface area contributed by atoms with Crippen molar-refractivity contribution in [3.63, 3.8) is 0 Å². The maximum atomic E-state index is 11.5. The van der Waals surface area contributed by atoms with Crippen LogP contribution in [0.5, 0.6) is 0 Å². The van der Waals surface area contributed by atoms with E-state index in [0.29, 0.717) is 18.1 Å². The van der Waals surface area contributed by atoms with Gasteiger partial charge in [-0.15, -0.1) is 0 Å². The Bertz CT molecular complexity index is 359. The highest BCUT2D eigenvalue weighted by Gasteiger charge is 2.10. The van der Waals surface area contributed by atoms with E-state index in [2.05, 4.69) is 36.4 Å². The monoisotopic (exact) mass is 318 g/mol. The van der Waals surface area contributed by atoms with Gasteiger partial charge in [-0.05, 0) is 53.1 Å². The van der Waals surface area contributed by atoms with Crippen molar-refractivity contribution in [1.29, 1.82) is 0 Å². The lowest BCUT2D eigenvalue weighted by Gasteiger charge is -2.09. The summed E-state index contributed by atoms with van der Waals surface area (Å²) in [5.74, 6) is 0.235. The van der Waals surface area contributed by atoms with Crippen LogP contribution in [-0.2, 0) is 4.74 Å². The minimum absolute atomic E-state index is 0.245. The fourth-order valence-corrected chi connectivity index (χ4v) is 2.47. The fourth-order valence-electron chi connectivity index (χ4n) is 1.34. The molecule has 0 aliphatic rings. The summed E-state index contributed by atoms with van der Waals surface area (Å²) in [5, 5.41) is 0. The molecule has 0 aromatic heterocycles. The highest BCUT2D eigenvalue weighted by Crippen LogP contribution is 2.22. The van der Waals surface area contributed by atoms with E-state index in [1.54, 1.807) is 0 Å². The Kier molecular flexibility index (Phi) is 4.57. The minimum atomic E-state index is -0.245. The van der Waals surface area contributed by atoms with Crippen LogP contribution in [0.1, 0.15) is 42.6 Å². The maximum absolute atomic E-state index is 11.5. The molecule has 0 saturated heterocycles. The Labute approximate surface area is 104 Å². The highest BCUT2D eigenvalue weighted by molar-refractivity contribution is 14.1. The Balaban J connectivity index is 2.96. The molecule has 1 aromatic rings. The molecule has 0 atom stereocenters. The van der Waals surface area contributed by atoms with E-state index in [0.717, 1.165) is 3.57 Å². The Morgan fingerprint density at radius 1 is 1.47 bits per heavy atom. The predicted octanol–water partition coefficient (Wildman–Crippen LogP) is 3.59. The third-order valence-electron chi connectivity index (χ3n) is 2.13. The van der Waals surface area contributed by atoms with E-state index in [-0.39, 0.29) is 5.97 Å². The van der Waals surface area contributed by atoms with Gasteiger partial charge in [0.05, 0.1) is 12.2 Å². The smallest absolute Gasteiger partial charge is 0.338 e. The first-order chi connectivity index (χ1) is 7.06. The lowest BCUT2D eigenvalue weighted by Crippen LogP contribution is -2.05. The molecule has 0 saturated carbocycles. The van der Waals surface area contributed by atoms with Gasteiger partial charge in [0.25, 0.3) is 0 Å².